The number of nitrogens with zero attached hydrogens (tertiary/aromatic N) is 1. The number of ether oxygens (including phenoxy) is 4. The first-order valence-electron chi connectivity index (χ1n) is 13.0. The van der Waals surface area contributed by atoms with Gasteiger partial charge in [0.1, 0.15) is 34.6 Å². The number of nitriles is 1. The van der Waals surface area contributed by atoms with E-state index in [-0.39, 0.29) is 22.1 Å². The van der Waals surface area contributed by atoms with Crippen molar-refractivity contribution >= 4 is 50.6 Å². The number of methoxy groups -OCH3 is 1. The highest BCUT2D eigenvalue weighted by Crippen LogP contribution is 2.45. The monoisotopic (exact) mass is 628 g/mol. The Bertz CT molecular complexity index is 1950. The van der Waals surface area contributed by atoms with Gasteiger partial charge in [0, 0.05) is 26.7 Å². The SMILES string of the molecule is COc1cc(C2C(C#N)=C(N)Oc3cc(OC(=O)c4sc5cc(Cl)ccc5c4Cl)ccc32)ccc1OCc1ccccc1. The Labute approximate surface area is 261 Å². The summed E-state index contributed by atoms with van der Waals surface area (Å²) >= 11 is 13.8. The average Bonchev–Trinajstić information content (AvgIpc) is 3.34. The number of carbonyl (C=O) groups is 1. The molecular formula is C33H22Cl2N2O5S. The van der Waals surface area contributed by atoms with Crippen molar-refractivity contribution in [3.8, 4) is 29.1 Å². The molecule has 43 heavy (non-hydrogen) atoms. The van der Waals surface area contributed by atoms with Crippen LogP contribution >= 0.6 is 34.5 Å². The lowest BCUT2D eigenvalue weighted by Crippen LogP contribution is -2.21. The third kappa shape index (κ3) is 5.58. The second-order valence-electron chi connectivity index (χ2n) is 9.58. The van der Waals surface area contributed by atoms with Crippen LogP contribution in [0.15, 0.2) is 96.4 Å². The van der Waals surface area contributed by atoms with Crippen LogP contribution < -0.4 is 24.7 Å². The van der Waals surface area contributed by atoms with E-state index in [4.69, 9.17) is 47.9 Å². The van der Waals surface area contributed by atoms with Gasteiger partial charge in [-0.05, 0) is 41.5 Å². The van der Waals surface area contributed by atoms with Crippen molar-refractivity contribution in [1.82, 2.24) is 0 Å². The van der Waals surface area contributed by atoms with E-state index in [1.165, 1.54) is 11.3 Å². The fourth-order valence-corrected chi connectivity index (χ4v) is 6.55. The molecule has 0 bridgehead atoms. The third-order valence-electron chi connectivity index (χ3n) is 6.94. The van der Waals surface area contributed by atoms with Gasteiger partial charge in [0.25, 0.3) is 0 Å². The van der Waals surface area contributed by atoms with Gasteiger partial charge < -0.3 is 24.7 Å². The quantitative estimate of drug-likeness (QED) is 0.143. The highest BCUT2D eigenvalue weighted by Gasteiger charge is 2.32. The molecule has 1 atom stereocenters. The van der Waals surface area contributed by atoms with Crippen molar-refractivity contribution in [1.29, 1.82) is 5.26 Å². The fraction of sp³-hybridized carbons (Fsp3) is 0.0909. The van der Waals surface area contributed by atoms with E-state index < -0.39 is 11.9 Å². The Morgan fingerprint density at radius 1 is 1.02 bits per heavy atom. The van der Waals surface area contributed by atoms with E-state index in [1.54, 1.807) is 49.6 Å². The van der Waals surface area contributed by atoms with Crippen LogP contribution in [0.1, 0.15) is 32.3 Å². The molecule has 4 aromatic carbocycles. The molecule has 2 heterocycles. The lowest BCUT2D eigenvalue weighted by molar-refractivity contribution is 0.0740. The van der Waals surface area contributed by atoms with Crippen LogP contribution in [0.4, 0.5) is 0 Å². The van der Waals surface area contributed by atoms with Crippen molar-refractivity contribution in [2.75, 3.05) is 7.11 Å². The van der Waals surface area contributed by atoms with E-state index in [2.05, 4.69) is 6.07 Å². The van der Waals surface area contributed by atoms with Gasteiger partial charge >= 0.3 is 5.97 Å². The first kappa shape index (κ1) is 28.4. The van der Waals surface area contributed by atoms with Crippen LogP contribution in [-0.4, -0.2) is 13.1 Å². The summed E-state index contributed by atoms with van der Waals surface area (Å²) in [5, 5.41) is 11.6. The summed E-state index contributed by atoms with van der Waals surface area (Å²) < 4.78 is 23.9. The molecule has 0 spiro atoms. The molecule has 1 aliphatic rings. The van der Waals surface area contributed by atoms with Gasteiger partial charge in [0.2, 0.25) is 5.88 Å². The van der Waals surface area contributed by atoms with Crippen LogP contribution in [0, 0.1) is 11.3 Å². The predicted octanol–water partition coefficient (Wildman–Crippen LogP) is 8.23. The number of carbonyl (C=O) groups excluding carboxylic acids is 1. The Hall–Kier alpha value is -4.68. The molecule has 0 fully saturated rings. The Morgan fingerprint density at radius 2 is 1.84 bits per heavy atom. The zero-order valence-corrected chi connectivity index (χ0v) is 24.9. The molecule has 1 unspecified atom stereocenters. The molecule has 1 aromatic heterocycles. The molecule has 0 radical (unpaired) electrons. The lowest BCUT2D eigenvalue weighted by Gasteiger charge is -2.27. The first-order valence-corrected chi connectivity index (χ1v) is 14.6. The van der Waals surface area contributed by atoms with Gasteiger partial charge in [-0.2, -0.15) is 5.26 Å². The topological polar surface area (TPSA) is 104 Å². The number of esters is 1. The van der Waals surface area contributed by atoms with Crippen molar-refractivity contribution in [3.05, 3.63) is 128 Å². The van der Waals surface area contributed by atoms with E-state index in [0.29, 0.717) is 44.9 Å². The van der Waals surface area contributed by atoms with Crippen LogP contribution in [0.5, 0.6) is 23.0 Å². The van der Waals surface area contributed by atoms with E-state index in [0.717, 1.165) is 15.8 Å². The van der Waals surface area contributed by atoms with Crippen molar-refractivity contribution in [2.45, 2.75) is 12.5 Å². The highest BCUT2D eigenvalue weighted by molar-refractivity contribution is 7.21. The van der Waals surface area contributed by atoms with Crippen LogP contribution in [0.25, 0.3) is 10.1 Å². The predicted molar refractivity (Wildman–Crippen MR) is 166 cm³/mol. The molecule has 2 N–H and O–H groups in total. The summed E-state index contributed by atoms with van der Waals surface area (Å²) in [6, 6.07) is 27.6. The van der Waals surface area contributed by atoms with Gasteiger partial charge in [-0.1, -0.05) is 71.7 Å². The van der Waals surface area contributed by atoms with E-state index >= 15 is 0 Å². The molecule has 7 nitrogen and oxygen atoms in total. The maximum absolute atomic E-state index is 13.1. The summed E-state index contributed by atoms with van der Waals surface area (Å²) in [6.07, 6.45) is 0. The van der Waals surface area contributed by atoms with Crippen LogP contribution in [-0.2, 0) is 6.61 Å². The molecule has 6 rings (SSSR count). The maximum Gasteiger partial charge on any atom is 0.355 e. The standard InChI is InChI=1S/C33H22Cl2N2O5S/c1-39-27-13-19(7-12-25(27)40-17-18-5-3-2-4-6-18)29-22-11-9-21(15-26(22)42-32(37)24(29)16-36)41-33(38)31-30(35)23-10-8-20(34)14-28(23)43-31/h2-15,29H,17,37H2,1H3. The Morgan fingerprint density at radius 3 is 2.60 bits per heavy atom. The van der Waals surface area contributed by atoms with Gasteiger partial charge in [-0.3, -0.25) is 0 Å². The third-order valence-corrected chi connectivity index (χ3v) is 8.81. The normalized spacial score (nSPS) is 14.0. The molecule has 0 saturated heterocycles. The summed E-state index contributed by atoms with van der Waals surface area (Å²) in [5.74, 6) is 0.417. The first-order chi connectivity index (χ1) is 20.9. The zero-order valence-electron chi connectivity index (χ0n) is 22.6. The van der Waals surface area contributed by atoms with Gasteiger partial charge in [0.05, 0.1) is 18.1 Å². The number of hydrogen-bond donors (Lipinski definition) is 1. The average molecular weight is 630 g/mol. The molecule has 214 valence electrons. The largest absolute Gasteiger partial charge is 0.493 e. The smallest absolute Gasteiger partial charge is 0.355 e. The van der Waals surface area contributed by atoms with E-state index in [1.807, 2.05) is 42.5 Å². The number of hydrogen-bond acceptors (Lipinski definition) is 8. The Balaban J connectivity index is 1.29. The Kier molecular flexibility index (Phi) is 7.87. The maximum atomic E-state index is 13.1. The summed E-state index contributed by atoms with van der Waals surface area (Å²) in [6.45, 7) is 0.370. The van der Waals surface area contributed by atoms with E-state index in [9.17, 15) is 10.1 Å². The highest BCUT2D eigenvalue weighted by atomic mass is 35.5. The van der Waals surface area contributed by atoms with Crippen molar-refractivity contribution < 1.29 is 23.7 Å². The van der Waals surface area contributed by atoms with Gasteiger partial charge in [-0.25, -0.2) is 4.79 Å². The molecule has 1 aliphatic heterocycles. The van der Waals surface area contributed by atoms with Gasteiger partial charge in [0.15, 0.2) is 11.5 Å². The van der Waals surface area contributed by atoms with Crippen LogP contribution in [0.2, 0.25) is 10.0 Å². The minimum absolute atomic E-state index is 0.0451. The summed E-state index contributed by atoms with van der Waals surface area (Å²) in [4.78, 5) is 13.3. The number of fused-ring (bicyclic) bond motifs is 2. The summed E-state index contributed by atoms with van der Waals surface area (Å²) in [5.41, 5.74) is 8.88. The van der Waals surface area contributed by atoms with Crippen molar-refractivity contribution in [2.24, 2.45) is 5.73 Å². The second kappa shape index (κ2) is 11.9. The number of benzene rings is 4. The van der Waals surface area contributed by atoms with Crippen LogP contribution in [0.3, 0.4) is 0 Å². The number of rotatable bonds is 7. The molecule has 0 amide bonds. The summed E-state index contributed by atoms with van der Waals surface area (Å²) in [7, 11) is 1.56. The molecule has 0 aliphatic carbocycles. The van der Waals surface area contributed by atoms with Gasteiger partial charge in [-0.15, -0.1) is 11.3 Å². The number of allylic oxidation sites excluding steroid dienone is 1. The molecule has 5 aromatic rings. The lowest BCUT2D eigenvalue weighted by atomic mass is 9.83. The molecule has 0 saturated carbocycles. The molecule has 10 heteroatoms. The second-order valence-corrected chi connectivity index (χ2v) is 11.5. The minimum atomic E-state index is -0.619. The fourth-order valence-electron chi connectivity index (χ4n) is 4.88. The van der Waals surface area contributed by atoms with Crippen molar-refractivity contribution in [3.63, 3.8) is 0 Å². The minimum Gasteiger partial charge on any atom is -0.493 e. The number of nitrogens with two attached hydrogens (primary N) is 1. The number of halogens is 2. The number of thiophene rings is 1. The zero-order chi connectivity index (χ0) is 30.1. The molecular weight excluding hydrogens is 607 g/mol.